The Hall–Kier alpha value is -1.13. The third-order valence-electron chi connectivity index (χ3n) is 3.62. The number of hydrogen-bond acceptors (Lipinski definition) is 2. The highest BCUT2D eigenvalue weighted by molar-refractivity contribution is 5.94. The fourth-order valence-corrected chi connectivity index (χ4v) is 2.42. The van der Waals surface area contributed by atoms with E-state index in [1.165, 1.54) is 6.07 Å². The lowest BCUT2D eigenvalue weighted by Gasteiger charge is -2.34. The van der Waals surface area contributed by atoms with Gasteiger partial charge in [-0.15, -0.1) is 12.4 Å². The summed E-state index contributed by atoms with van der Waals surface area (Å²) in [6, 6.07) is 6.19. The second-order valence-electron chi connectivity index (χ2n) is 4.91. The van der Waals surface area contributed by atoms with Crippen molar-refractivity contribution in [2.45, 2.75) is 18.4 Å². The van der Waals surface area contributed by atoms with E-state index >= 15 is 0 Å². The molecule has 0 bridgehead atoms. The Bertz CT molecular complexity index is 462. The second kappa shape index (κ2) is 4.86. The molecule has 2 fully saturated rings. The maximum Gasteiger partial charge on any atom is 0.256 e. The Morgan fingerprint density at radius 3 is 2.72 bits per heavy atom. The quantitative estimate of drug-likeness (QED) is 0.844. The van der Waals surface area contributed by atoms with Gasteiger partial charge in [0, 0.05) is 25.2 Å². The Balaban J connectivity index is 0.00000120. The minimum Gasteiger partial charge on any atom is -0.335 e. The molecule has 0 unspecified atom stereocenters. The van der Waals surface area contributed by atoms with Crippen LogP contribution in [-0.2, 0) is 0 Å². The van der Waals surface area contributed by atoms with Gasteiger partial charge in [0.05, 0.1) is 5.56 Å². The fourth-order valence-electron chi connectivity index (χ4n) is 2.42. The number of carbonyl (C=O) groups excluding carboxylic acids is 1. The fraction of sp³-hybridized carbons (Fsp3) is 0.462. The van der Waals surface area contributed by atoms with Gasteiger partial charge in [-0.2, -0.15) is 0 Å². The minimum atomic E-state index is -0.430. The Kier molecular flexibility index (Phi) is 3.59. The predicted octanol–water partition coefficient (Wildman–Crippen LogP) is 1.83. The lowest BCUT2D eigenvalue weighted by Crippen LogP contribution is -2.54. The molecule has 3 rings (SSSR count). The minimum absolute atomic E-state index is 0. The molecule has 0 aromatic heterocycles. The van der Waals surface area contributed by atoms with Crippen molar-refractivity contribution in [2.24, 2.45) is 0 Å². The van der Waals surface area contributed by atoms with Crippen LogP contribution >= 0.6 is 12.4 Å². The van der Waals surface area contributed by atoms with Gasteiger partial charge in [-0.1, -0.05) is 12.1 Å². The highest BCUT2D eigenvalue weighted by Crippen LogP contribution is 2.37. The summed E-state index contributed by atoms with van der Waals surface area (Å²) in [5.74, 6) is -0.614. The first kappa shape index (κ1) is 13.3. The number of carbonyl (C=O) groups is 1. The van der Waals surface area contributed by atoms with E-state index in [1.807, 2.05) is 0 Å². The molecule has 1 aliphatic heterocycles. The van der Waals surface area contributed by atoms with Crippen molar-refractivity contribution in [3.05, 3.63) is 35.6 Å². The van der Waals surface area contributed by atoms with Crippen LogP contribution in [0.15, 0.2) is 24.3 Å². The van der Waals surface area contributed by atoms with E-state index in [2.05, 4.69) is 5.32 Å². The zero-order valence-corrected chi connectivity index (χ0v) is 10.8. The lowest BCUT2D eigenvalue weighted by molar-refractivity contribution is 0.0686. The molecule has 1 N–H and O–H groups in total. The van der Waals surface area contributed by atoms with Gasteiger partial charge in [-0.25, -0.2) is 4.39 Å². The van der Waals surface area contributed by atoms with E-state index in [0.29, 0.717) is 13.1 Å². The van der Waals surface area contributed by atoms with Gasteiger partial charge < -0.3 is 10.2 Å². The number of rotatable bonds is 1. The average molecular weight is 271 g/mol. The molecule has 1 aliphatic carbocycles. The molecule has 5 heteroatoms. The zero-order valence-electron chi connectivity index (χ0n) is 9.99. The molecule has 1 spiro atoms. The predicted molar refractivity (Wildman–Crippen MR) is 69.5 cm³/mol. The number of benzene rings is 1. The van der Waals surface area contributed by atoms with Crippen LogP contribution in [-0.4, -0.2) is 36.0 Å². The summed E-state index contributed by atoms with van der Waals surface area (Å²) >= 11 is 0. The van der Waals surface area contributed by atoms with Gasteiger partial charge in [0.1, 0.15) is 5.82 Å². The van der Waals surface area contributed by atoms with Crippen molar-refractivity contribution in [3.8, 4) is 0 Å². The van der Waals surface area contributed by atoms with E-state index in [0.717, 1.165) is 19.4 Å². The molecule has 1 saturated carbocycles. The van der Waals surface area contributed by atoms with Crippen molar-refractivity contribution in [1.29, 1.82) is 0 Å². The van der Waals surface area contributed by atoms with Gasteiger partial charge in [0.15, 0.2) is 0 Å². The Morgan fingerprint density at radius 2 is 2.06 bits per heavy atom. The highest BCUT2D eigenvalue weighted by Gasteiger charge is 2.46. The summed E-state index contributed by atoms with van der Waals surface area (Å²) in [6.07, 6.45) is 2.24. The normalized spacial score (nSPS) is 20.4. The van der Waals surface area contributed by atoms with Crippen molar-refractivity contribution in [2.75, 3.05) is 19.6 Å². The Morgan fingerprint density at radius 1 is 1.33 bits per heavy atom. The van der Waals surface area contributed by atoms with Crippen LogP contribution in [0.4, 0.5) is 4.39 Å². The first-order chi connectivity index (χ1) is 8.20. The zero-order chi connectivity index (χ0) is 11.9. The molecule has 3 nitrogen and oxygen atoms in total. The largest absolute Gasteiger partial charge is 0.335 e. The topological polar surface area (TPSA) is 32.3 Å². The summed E-state index contributed by atoms with van der Waals surface area (Å²) in [7, 11) is 0. The summed E-state index contributed by atoms with van der Waals surface area (Å²) in [6.45, 7) is 2.18. The molecule has 1 aromatic carbocycles. The highest BCUT2D eigenvalue weighted by atomic mass is 35.5. The third-order valence-corrected chi connectivity index (χ3v) is 3.62. The summed E-state index contributed by atoms with van der Waals surface area (Å²) in [5, 5.41) is 3.43. The van der Waals surface area contributed by atoms with E-state index in [9.17, 15) is 9.18 Å². The smallest absolute Gasteiger partial charge is 0.256 e. The van der Waals surface area contributed by atoms with Gasteiger partial charge in [-0.3, -0.25) is 4.79 Å². The molecule has 18 heavy (non-hydrogen) atoms. The summed E-state index contributed by atoms with van der Waals surface area (Å²) in [5.41, 5.74) is 0.323. The van der Waals surface area contributed by atoms with Crippen LogP contribution in [0.25, 0.3) is 0 Å². The van der Waals surface area contributed by atoms with E-state index in [-0.39, 0.29) is 29.4 Å². The molecule has 2 aliphatic rings. The van der Waals surface area contributed by atoms with E-state index in [1.54, 1.807) is 23.1 Å². The molecule has 1 aromatic rings. The number of nitrogens with zero attached hydrogens (tertiary/aromatic N) is 1. The molecule has 0 radical (unpaired) electrons. The second-order valence-corrected chi connectivity index (χ2v) is 4.91. The number of nitrogens with one attached hydrogen (secondary N) is 1. The third kappa shape index (κ3) is 2.35. The SMILES string of the molecule is Cl.O=C(c1ccccc1F)N1CCNC2(CC2)C1. The number of amides is 1. The molecule has 1 heterocycles. The molecule has 98 valence electrons. The van der Waals surface area contributed by atoms with Crippen LogP contribution < -0.4 is 5.32 Å². The van der Waals surface area contributed by atoms with Crippen molar-refractivity contribution < 1.29 is 9.18 Å². The number of halogens is 2. The lowest BCUT2D eigenvalue weighted by atomic mass is 10.1. The van der Waals surface area contributed by atoms with Crippen LogP contribution in [0.2, 0.25) is 0 Å². The maximum atomic E-state index is 13.5. The van der Waals surface area contributed by atoms with E-state index < -0.39 is 5.82 Å². The maximum absolute atomic E-state index is 13.5. The molecular weight excluding hydrogens is 255 g/mol. The van der Waals surface area contributed by atoms with Crippen molar-refractivity contribution in [1.82, 2.24) is 10.2 Å². The molecule has 1 saturated heterocycles. The number of hydrogen-bond donors (Lipinski definition) is 1. The van der Waals surface area contributed by atoms with Gasteiger partial charge in [-0.05, 0) is 25.0 Å². The van der Waals surface area contributed by atoms with Crippen LogP contribution in [0.1, 0.15) is 23.2 Å². The van der Waals surface area contributed by atoms with Gasteiger partial charge in [0.2, 0.25) is 0 Å². The van der Waals surface area contributed by atoms with Crippen LogP contribution in [0.5, 0.6) is 0 Å². The van der Waals surface area contributed by atoms with Gasteiger partial charge in [0.25, 0.3) is 5.91 Å². The van der Waals surface area contributed by atoms with E-state index in [4.69, 9.17) is 0 Å². The van der Waals surface area contributed by atoms with Crippen molar-refractivity contribution >= 4 is 18.3 Å². The van der Waals surface area contributed by atoms with Crippen LogP contribution in [0.3, 0.4) is 0 Å². The van der Waals surface area contributed by atoms with Gasteiger partial charge >= 0.3 is 0 Å². The molecular formula is C13H16ClFN2O. The standard InChI is InChI=1S/C13H15FN2O.ClH/c14-11-4-2-1-3-10(11)12(17)16-8-7-15-13(9-16)5-6-13;/h1-4,15H,5-9H2;1H. The average Bonchev–Trinajstić information content (AvgIpc) is 3.08. The molecule has 0 atom stereocenters. The summed E-state index contributed by atoms with van der Waals surface area (Å²) < 4.78 is 13.5. The summed E-state index contributed by atoms with van der Waals surface area (Å²) in [4.78, 5) is 14.0. The number of piperazine rings is 1. The first-order valence-electron chi connectivity index (χ1n) is 5.99. The van der Waals surface area contributed by atoms with Crippen molar-refractivity contribution in [3.63, 3.8) is 0 Å². The molecule has 1 amide bonds. The Labute approximate surface area is 112 Å². The van der Waals surface area contributed by atoms with Crippen LogP contribution in [0, 0.1) is 5.82 Å². The first-order valence-corrected chi connectivity index (χ1v) is 5.99. The monoisotopic (exact) mass is 270 g/mol.